The van der Waals surface area contributed by atoms with Gasteiger partial charge in [0.25, 0.3) is 0 Å². The van der Waals surface area contributed by atoms with Gasteiger partial charge >= 0.3 is 0 Å². The van der Waals surface area contributed by atoms with Crippen molar-refractivity contribution in [2.24, 2.45) is 0 Å². The van der Waals surface area contributed by atoms with Crippen molar-refractivity contribution >= 4 is 11.5 Å². The molecule has 0 spiro atoms. The molecule has 1 rings (SSSR count). The lowest BCUT2D eigenvalue weighted by Crippen LogP contribution is -2.13. The molecule has 0 aliphatic rings. The fourth-order valence-corrected chi connectivity index (χ4v) is 1.42. The van der Waals surface area contributed by atoms with Gasteiger partial charge in [0.1, 0.15) is 12.0 Å². The van der Waals surface area contributed by atoms with Gasteiger partial charge in [0, 0.05) is 13.2 Å². The lowest BCUT2D eigenvalue weighted by molar-refractivity contribution is 0.141. The highest BCUT2D eigenvalue weighted by atomic mass is 16.5. The van der Waals surface area contributed by atoms with E-state index in [1.54, 1.807) is 0 Å². The van der Waals surface area contributed by atoms with E-state index in [2.05, 4.69) is 22.2 Å². The molecule has 6 heteroatoms. The van der Waals surface area contributed by atoms with E-state index in [0.717, 1.165) is 25.9 Å². The number of nitrogens with zero attached hydrogens (tertiary/aromatic N) is 2. The van der Waals surface area contributed by atoms with E-state index < -0.39 is 0 Å². The summed E-state index contributed by atoms with van der Waals surface area (Å²) in [6.07, 6.45) is 4.59. The highest BCUT2D eigenvalue weighted by Crippen LogP contribution is 2.24. The van der Waals surface area contributed by atoms with Crippen LogP contribution >= 0.6 is 0 Å². The van der Waals surface area contributed by atoms with Crippen LogP contribution in [0.1, 0.15) is 33.1 Å². The van der Waals surface area contributed by atoms with Crippen LogP contribution in [0.2, 0.25) is 0 Å². The Morgan fingerprint density at radius 3 is 2.74 bits per heavy atom. The third-order valence-electron chi connectivity index (χ3n) is 2.47. The molecule has 0 saturated heterocycles. The number of unbranched alkanes of at least 4 members (excludes halogenated alkanes) is 1. The zero-order valence-electron chi connectivity index (χ0n) is 11.8. The van der Waals surface area contributed by atoms with E-state index in [4.69, 9.17) is 15.2 Å². The lowest BCUT2D eigenvalue weighted by Gasteiger charge is -2.11. The van der Waals surface area contributed by atoms with Gasteiger partial charge in [0.2, 0.25) is 5.88 Å². The molecule has 0 fully saturated rings. The second-order valence-electron chi connectivity index (χ2n) is 4.18. The predicted molar refractivity (Wildman–Crippen MR) is 76.4 cm³/mol. The zero-order chi connectivity index (χ0) is 13.9. The standard InChI is InChI=1S/C13H24N4O2/c1-3-5-8-18-9-6-15-12-11(14)13(17-10-16-12)19-7-4-2/h10H,3-9,14H2,1-2H3,(H,15,16,17). The van der Waals surface area contributed by atoms with Crippen LogP contribution in [0.3, 0.4) is 0 Å². The lowest BCUT2D eigenvalue weighted by atomic mass is 10.4. The number of anilines is 2. The molecule has 1 aromatic heterocycles. The number of rotatable bonds is 10. The van der Waals surface area contributed by atoms with Crippen molar-refractivity contribution in [3.63, 3.8) is 0 Å². The molecule has 0 unspecified atom stereocenters. The minimum absolute atomic E-state index is 0.436. The molecular formula is C13H24N4O2. The molecule has 0 bridgehead atoms. The minimum Gasteiger partial charge on any atom is -0.476 e. The molecule has 0 radical (unpaired) electrons. The summed E-state index contributed by atoms with van der Waals surface area (Å²) in [4.78, 5) is 8.11. The molecule has 3 N–H and O–H groups in total. The maximum atomic E-state index is 5.93. The van der Waals surface area contributed by atoms with Gasteiger partial charge in [-0.15, -0.1) is 0 Å². The van der Waals surface area contributed by atoms with E-state index in [-0.39, 0.29) is 0 Å². The number of nitrogens with two attached hydrogens (primary N) is 1. The SMILES string of the molecule is CCCCOCCNc1ncnc(OCCC)c1N. The fraction of sp³-hybridized carbons (Fsp3) is 0.692. The Bertz CT molecular complexity index is 360. The van der Waals surface area contributed by atoms with E-state index in [9.17, 15) is 0 Å². The van der Waals surface area contributed by atoms with Crippen molar-refractivity contribution < 1.29 is 9.47 Å². The minimum atomic E-state index is 0.436. The van der Waals surface area contributed by atoms with Crippen LogP contribution in [0.25, 0.3) is 0 Å². The zero-order valence-corrected chi connectivity index (χ0v) is 11.8. The molecule has 6 nitrogen and oxygen atoms in total. The quantitative estimate of drug-likeness (QED) is 0.632. The molecule has 108 valence electrons. The first-order valence-electron chi connectivity index (χ1n) is 6.84. The topological polar surface area (TPSA) is 82.3 Å². The first-order chi connectivity index (χ1) is 9.29. The second kappa shape index (κ2) is 9.38. The Balaban J connectivity index is 2.36. The van der Waals surface area contributed by atoms with Crippen molar-refractivity contribution in [3.05, 3.63) is 6.33 Å². The number of aromatic nitrogens is 2. The van der Waals surface area contributed by atoms with Crippen LogP contribution in [0.15, 0.2) is 6.33 Å². The molecule has 19 heavy (non-hydrogen) atoms. The van der Waals surface area contributed by atoms with Crippen molar-refractivity contribution in [1.29, 1.82) is 0 Å². The smallest absolute Gasteiger partial charge is 0.242 e. The van der Waals surface area contributed by atoms with E-state index >= 15 is 0 Å². The van der Waals surface area contributed by atoms with Gasteiger partial charge in [0.15, 0.2) is 5.82 Å². The van der Waals surface area contributed by atoms with Crippen LogP contribution in [0, 0.1) is 0 Å². The molecule has 0 amide bonds. The van der Waals surface area contributed by atoms with Gasteiger partial charge in [0.05, 0.1) is 13.2 Å². The molecule has 0 aliphatic heterocycles. The average molecular weight is 268 g/mol. The Morgan fingerprint density at radius 1 is 1.16 bits per heavy atom. The highest BCUT2D eigenvalue weighted by molar-refractivity contribution is 5.66. The molecule has 1 aromatic rings. The van der Waals surface area contributed by atoms with Crippen molar-refractivity contribution in [2.75, 3.05) is 37.4 Å². The van der Waals surface area contributed by atoms with E-state index in [1.807, 2.05) is 6.92 Å². The Kier molecular flexibility index (Phi) is 7.65. The summed E-state index contributed by atoms with van der Waals surface area (Å²) >= 11 is 0. The predicted octanol–water partition coefficient (Wildman–Crippen LogP) is 2.08. The third kappa shape index (κ3) is 5.74. The maximum Gasteiger partial charge on any atom is 0.242 e. The number of nitrogen functional groups attached to an aromatic ring is 1. The summed E-state index contributed by atoms with van der Waals surface area (Å²) in [7, 11) is 0. The first-order valence-corrected chi connectivity index (χ1v) is 6.84. The largest absolute Gasteiger partial charge is 0.476 e. The summed E-state index contributed by atoms with van der Waals surface area (Å²) in [5.41, 5.74) is 6.38. The van der Waals surface area contributed by atoms with Crippen LogP contribution < -0.4 is 15.8 Å². The summed E-state index contributed by atoms with van der Waals surface area (Å²) in [5, 5.41) is 3.13. The van der Waals surface area contributed by atoms with Gasteiger partial charge in [-0.3, -0.25) is 0 Å². The fourth-order valence-electron chi connectivity index (χ4n) is 1.42. The van der Waals surface area contributed by atoms with Crippen LogP contribution in [0.5, 0.6) is 5.88 Å². The van der Waals surface area contributed by atoms with Crippen LogP contribution in [0.4, 0.5) is 11.5 Å². The third-order valence-corrected chi connectivity index (χ3v) is 2.47. The first kappa shape index (κ1) is 15.5. The Labute approximate surface area is 114 Å². The number of nitrogens with one attached hydrogen (secondary N) is 1. The average Bonchev–Trinajstić information content (AvgIpc) is 2.43. The molecule has 1 heterocycles. The van der Waals surface area contributed by atoms with Gasteiger partial charge < -0.3 is 20.5 Å². The van der Waals surface area contributed by atoms with Crippen LogP contribution in [-0.4, -0.2) is 36.3 Å². The van der Waals surface area contributed by atoms with Gasteiger partial charge in [-0.25, -0.2) is 4.98 Å². The Morgan fingerprint density at radius 2 is 2.00 bits per heavy atom. The molecule has 0 aromatic carbocycles. The Hall–Kier alpha value is -1.56. The monoisotopic (exact) mass is 268 g/mol. The number of hydrogen-bond acceptors (Lipinski definition) is 6. The molecular weight excluding hydrogens is 244 g/mol. The molecule has 0 atom stereocenters. The number of hydrogen-bond donors (Lipinski definition) is 2. The summed E-state index contributed by atoms with van der Waals surface area (Å²) in [6.45, 7) is 6.86. The van der Waals surface area contributed by atoms with Crippen LogP contribution in [-0.2, 0) is 4.74 Å². The van der Waals surface area contributed by atoms with E-state index in [1.165, 1.54) is 6.33 Å². The second-order valence-corrected chi connectivity index (χ2v) is 4.18. The van der Waals surface area contributed by atoms with Gasteiger partial charge in [-0.1, -0.05) is 20.3 Å². The number of ether oxygens (including phenoxy) is 2. The molecule has 0 aliphatic carbocycles. The highest BCUT2D eigenvalue weighted by Gasteiger charge is 2.08. The normalized spacial score (nSPS) is 10.4. The van der Waals surface area contributed by atoms with E-state index in [0.29, 0.717) is 37.1 Å². The summed E-state index contributed by atoms with van der Waals surface area (Å²) in [6, 6.07) is 0. The summed E-state index contributed by atoms with van der Waals surface area (Å²) in [5.74, 6) is 1.03. The summed E-state index contributed by atoms with van der Waals surface area (Å²) < 4.78 is 10.9. The van der Waals surface area contributed by atoms with Gasteiger partial charge in [-0.2, -0.15) is 4.98 Å². The maximum absolute atomic E-state index is 5.93. The van der Waals surface area contributed by atoms with Gasteiger partial charge in [-0.05, 0) is 12.8 Å². The van der Waals surface area contributed by atoms with Crippen molar-refractivity contribution in [2.45, 2.75) is 33.1 Å². The molecule has 0 saturated carbocycles. The van der Waals surface area contributed by atoms with Crippen molar-refractivity contribution in [3.8, 4) is 5.88 Å². The van der Waals surface area contributed by atoms with Crippen molar-refractivity contribution in [1.82, 2.24) is 9.97 Å².